The fourth-order valence-corrected chi connectivity index (χ4v) is 1.39. The number of sulfonamides is 1. The van der Waals surface area contributed by atoms with E-state index in [4.69, 9.17) is 11.5 Å². The Kier molecular flexibility index (Phi) is 4.69. The lowest BCUT2D eigenvalue weighted by molar-refractivity contribution is -0.127. The number of amides is 2. The van der Waals surface area contributed by atoms with Gasteiger partial charge in [0.2, 0.25) is 21.8 Å². The smallest absolute Gasteiger partial charge is 0.222 e. The van der Waals surface area contributed by atoms with E-state index in [2.05, 4.69) is 0 Å². The van der Waals surface area contributed by atoms with Crippen LogP contribution in [0.1, 0.15) is 6.42 Å². The molecule has 1 atom stereocenters. The summed E-state index contributed by atoms with van der Waals surface area (Å²) in [6.07, 6.45) is 0.741. The van der Waals surface area contributed by atoms with Crippen molar-refractivity contribution in [3.8, 4) is 0 Å². The van der Waals surface area contributed by atoms with Gasteiger partial charge in [-0.15, -0.1) is 0 Å². The van der Waals surface area contributed by atoms with Crippen molar-refractivity contribution in [3.63, 3.8) is 0 Å². The summed E-state index contributed by atoms with van der Waals surface area (Å²) in [6, 6.07) is 0. The molecule has 0 aromatic rings. The van der Waals surface area contributed by atoms with Gasteiger partial charge in [-0.25, -0.2) is 12.7 Å². The molecule has 0 saturated carbocycles. The number of primary amides is 2. The van der Waals surface area contributed by atoms with E-state index in [0.717, 1.165) is 10.6 Å². The molecule has 88 valence electrons. The van der Waals surface area contributed by atoms with Crippen molar-refractivity contribution in [2.45, 2.75) is 6.42 Å². The molecule has 0 heterocycles. The van der Waals surface area contributed by atoms with Crippen LogP contribution in [0, 0.1) is 5.92 Å². The van der Waals surface area contributed by atoms with Crippen LogP contribution in [0.2, 0.25) is 0 Å². The van der Waals surface area contributed by atoms with Gasteiger partial charge in [0.1, 0.15) is 0 Å². The lowest BCUT2D eigenvalue weighted by Crippen LogP contribution is -2.39. The first kappa shape index (κ1) is 13.8. The summed E-state index contributed by atoms with van der Waals surface area (Å²) < 4.78 is 23.0. The highest BCUT2D eigenvalue weighted by molar-refractivity contribution is 7.88. The fourth-order valence-electron chi connectivity index (χ4n) is 0.944. The highest BCUT2D eigenvalue weighted by Crippen LogP contribution is 2.06. The van der Waals surface area contributed by atoms with E-state index in [1.165, 1.54) is 7.05 Å². The summed E-state index contributed by atoms with van der Waals surface area (Å²) in [7, 11) is -2.10. The predicted octanol–water partition coefficient (Wildman–Crippen LogP) is -2.15. The van der Waals surface area contributed by atoms with Crippen molar-refractivity contribution in [3.05, 3.63) is 0 Å². The number of rotatable bonds is 6. The predicted molar refractivity (Wildman–Crippen MR) is 54.0 cm³/mol. The molecule has 0 aliphatic carbocycles. The van der Waals surface area contributed by atoms with Crippen LogP contribution >= 0.6 is 0 Å². The Labute approximate surface area is 88.5 Å². The molecule has 0 fully saturated rings. The van der Waals surface area contributed by atoms with Crippen LogP contribution in [-0.2, 0) is 19.6 Å². The van der Waals surface area contributed by atoms with Crippen LogP contribution < -0.4 is 11.5 Å². The van der Waals surface area contributed by atoms with Crippen LogP contribution in [-0.4, -0.2) is 44.4 Å². The van der Waals surface area contributed by atoms with Gasteiger partial charge in [0.15, 0.2) is 0 Å². The molecular weight excluding hydrogens is 222 g/mol. The van der Waals surface area contributed by atoms with Crippen molar-refractivity contribution < 1.29 is 18.0 Å². The Hall–Kier alpha value is -1.15. The Morgan fingerprint density at radius 2 is 1.80 bits per heavy atom. The van der Waals surface area contributed by atoms with Gasteiger partial charge in [-0.05, 0) is 0 Å². The molecular formula is C7H15N3O4S. The zero-order valence-electron chi connectivity index (χ0n) is 8.63. The monoisotopic (exact) mass is 237 g/mol. The normalized spacial score (nSPS) is 13.8. The number of carbonyl (C=O) groups excluding carboxylic acids is 2. The summed E-state index contributed by atoms with van der Waals surface area (Å²) in [6.45, 7) is -0.142. The Morgan fingerprint density at radius 3 is 2.07 bits per heavy atom. The topological polar surface area (TPSA) is 124 Å². The molecule has 4 N–H and O–H groups in total. The first-order valence-corrected chi connectivity index (χ1v) is 5.98. The maximum Gasteiger partial charge on any atom is 0.222 e. The van der Waals surface area contributed by atoms with E-state index < -0.39 is 27.8 Å². The Balaban J connectivity index is 4.56. The Morgan fingerprint density at radius 1 is 1.33 bits per heavy atom. The molecule has 0 rings (SSSR count). The van der Waals surface area contributed by atoms with Gasteiger partial charge in [0.05, 0.1) is 12.2 Å². The van der Waals surface area contributed by atoms with Gasteiger partial charge in [0.25, 0.3) is 0 Å². The Bertz CT molecular complexity index is 351. The SMILES string of the molecule is CN(CC(CC(N)=O)C(N)=O)S(C)(=O)=O. The van der Waals surface area contributed by atoms with E-state index in [1.54, 1.807) is 0 Å². The molecule has 0 aliphatic rings. The molecule has 0 aromatic carbocycles. The quantitative estimate of drug-likeness (QED) is 0.546. The molecule has 0 aromatic heterocycles. The maximum atomic E-state index is 11.0. The van der Waals surface area contributed by atoms with Crippen LogP contribution in [0.5, 0.6) is 0 Å². The van der Waals surface area contributed by atoms with Gasteiger partial charge >= 0.3 is 0 Å². The van der Waals surface area contributed by atoms with Gasteiger partial charge < -0.3 is 11.5 Å². The minimum absolute atomic E-state index is 0.142. The van der Waals surface area contributed by atoms with Crippen molar-refractivity contribution in [2.75, 3.05) is 19.8 Å². The maximum absolute atomic E-state index is 11.0. The summed E-state index contributed by atoms with van der Waals surface area (Å²) in [5.41, 5.74) is 9.91. The second-order valence-electron chi connectivity index (χ2n) is 3.31. The zero-order chi connectivity index (χ0) is 12.2. The number of hydrogen-bond donors (Lipinski definition) is 2. The average Bonchev–Trinajstić information content (AvgIpc) is 1.99. The van der Waals surface area contributed by atoms with Gasteiger partial charge in [-0.2, -0.15) is 0 Å². The number of nitrogens with two attached hydrogens (primary N) is 2. The summed E-state index contributed by atoms with van der Waals surface area (Å²) in [5.74, 6) is -2.33. The highest BCUT2D eigenvalue weighted by Gasteiger charge is 2.23. The third kappa shape index (κ3) is 5.33. The molecule has 2 amide bonds. The summed E-state index contributed by atoms with van der Waals surface area (Å²) >= 11 is 0. The number of hydrogen-bond acceptors (Lipinski definition) is 4. The van der Waals surface area contributed by atoms with Crippen LogP contribution in [0.4, 0.5) is 0 Å². The van der Waals surface area contributed by atoms with Crippen molar-refractivity contribution in [1.82, 2.24) is 4.31 Å². The lowest BCUT2D eigenvalue weighted by atomic mass is 10.1. The van der Waals surface area contributed by atoms with E-state index in [-0.39, 0.29) is 13.0 Å². The molecule has 8 heteroatoms. The highest BCUT2D eigenvalue weighted by atomic mass is 32.2. The third-order valence-corrected chi connectivity index (χ3v) is 3.17. The first-order chi connectivity index (χ1) is 6.64. The van der Waals surface area contributed by atoms with Crippen molar-refractivity contribution in [2.24, 2.45) is 17.4 Å². The minimum atomic E-state index is -3.39. The largest absolute Gasteiger partial charge is 0.370 e. The molecule has 0 spiro atoms. The third-order valence-electron chi connectivity index (χ3n) is 1.89. The van der Waals surface area contributed by atoms with E-state index in [1.807, 2.05) is 0 Å². The number of nitrogens with zero attached hydrogens (tertiary/aromatic N) is 1. The van der Waals surface area contributed by atoms with Crippen LogP contribution in [0.25, 0.3) is 0 Å². The number of carbonyl (C=O) groups is 2. The second kappa shape index (κ2) is 5.08. The molecule has 0 saturated heterocycles. The minimum Gasteiger partial charge on any atom is -0.370 e. The van der Waals surface area contributed by atoms with Gasteiger partial charge in [-0.1, -0.05) is 0 Å². The molecule has 0 bridgehead atoms. The molecule has 0 radical (unpaired) electrons. The van der Waals surface area contributed by atoms with Crippen LogP contribution in [0.3, 0.4) is 0 Å². The molecule has 15 heavy (non-hydrogen) atoms. The van der Waals surface area contributed by atoms with Crippen molar-refractivity contribution >= 4 is 21.8 Å². The molecule has 7 nitrogen and oxygen atoms in total. The molecule has 1 unspecified atom stereocenters. The summed E-state index contributed by atoms with van der Waals surface area (Å²) in [4.78, 5) is 21.5. The zero-order valence-corrected chi connectivity index (χ0v) is 9.45. The van der Waals surface area contributed by atoms with E-state index in [0.29, 0.717) is 0 Å². The first-order valence-electron chi connectivity index (χ1n) is 4.13. The summed E-state index contributed by atoms with van der Waals surface area (Å²) in [5, 5.41) is 0. The molecule has 0 aliphatic heterocycles. The van der Waals surface area contributed by atoms with Crippen LogP contribution in [0.15, 0.2) is 0 Å². The standard InChI is InChI=1S/C7H15N3O4S/c1-10(15(2,13)14)4-5(7(9)12)3-6(8)11/h5H,3-4H2,1-2H3,(H2,8,11)(H2,9,12). The average molecular weight is 237 g/mol. The van der Waals surface area contributed by atoms with Gasteiger partial charge in [0, 0.05) is 20.0 Å². The van der Waals surface area contributed by atoms with Gasteiger partial charge in [-0.3, -0.25) is 9.59 Å². The van der Waals surface area contributed by atoms with Crippen molar-refractivity contribution in [1.29, 1.82) is 0 Å². The van der Waals surface area contributed by atoms with E-state index >= 15 is 0 Å². The second-order valence-corrected chi connectivity index (χ2v) is 5.40. The fraction of sp³-hybridized carbons (Fsp3) is 0.714. The lowest BCUT2D eigenvalue weighted by Gasteiger charge is -2.18. The van der Waals surface area contributed by atoms with E-state index in [9.17, 15) is 18.0 Å².